The van der Waals surface area contributed by atoms with Crippen LogP contribution in [0.25, 0.3) is 0 Å². The normalized spacial score (nSPS) is 12.2. The molecule has 0 bridgehead atoms. The molecule has 1 aromatic heterocycles. The Morgan fingerprint density at radius 2 is 2.47 bits per heavy atom. The summed E-state index contributed by atoms with van der Waals surface area (Å²) in [5, 5.41) is 10.5. The number of nitrogens with two attached hydrogens (primary N) is 1. The molecule has 5 nitrogen and oxygen atoms in total. The third-order valence-corrected chi connectivity index (χ3v) is 3.60. The molecule has 1 heterocycles. The van der Waals surface area contributed by atoms with Crippen molar-refractivity contribution in [2.45, 2.75) is 25.9 Å². The molecule has 0 aromatic carbocycles. The quantitative estimate of drug-likeness (QED) is 0.467. The molecular formula is C11H16N4OS. The van der Waals surface area contributed by atoms with Crippen molar-refractivity contribution in [3.05, 3.63) is 21.9 Å². The van der Waals surface area contributed by atoms with E-state index in [0.717, 1.165) is 5.56 Å². The Hall–Kier alpha value is -1.42. The molecule has 1 unspecified atom stereocenters. The Kier molecular flexibility index (Phi) is 5.10. The van der Waals surface area contributed by atoms with Gasteiger partial charge in [0, 0.05) is 12.6 Å². The van der Waals surface area contributed by atoms with Crippen LogP contribution in [0.3, 0.4) is 0 Å². The van der Waals surface area contributed by atoms with Gasteiger partial charge in [-0.15, -0.1) is 11.3 Å². The van der Waals surface area contributed by atoms with Crippen molar-refractivity contribution in [3.8, 4) is 6.07 Å². The topological polar surface area (TPSA) is 82.2 Å². The molecule has 0 saturated heterocycles. The predicted octanol–water partition coefficient (Wildman–Crippen LogP) is 1.09. The van der Waals surface area contributed by atoms with E-state index in [0.29, 0.717) is 17.8 Å². The molecule has 0 fully saturated rings. The highest BCUT2D eigenvalue weighted by Gasteiger charge is 2.15. The Morgan fingerprint density at radius 3 is 3.06 bits per heavy atom. The molecule has 6 heteroatoms. The smallest absolute Gasteiger partial charge is 0.275 e. The number of nitrogens with zero attached hydrogens (tertiary/aromatic N) is 2. The van der Waals surface area contributed by atoms with Gasteiger partial charge in [-0.25, -0.2) is 5.84 Å². The maximum atomic E-state index is 11.5. The molecule has 0 radical (unpaired) electrons. The zero-order valence-corrected chi connectivity index (χ0v) is 10.8. The van der Waals surface area contributed by atoms with E-state index in [2.05, 4.69) is 11.5 Å². The minimum absolute atomic E-state index is 0.161. The zero-order chi connectivity index (χ0) is 12.8. The molecule has 0 aliphatic rings. The van der Waals surface area contributed by atoms with Crippen molar-refractivity contribution in [2.75, 3.05) is 7.05 Å². The number of hydrogen-bond donors (Lipinski definition) is 2. The predicted molar refractivity (Wildman–Crippen MR) is 67.1 cm³/mol. The van der Waals surface area contributed by atoms with Gasteiger partial charge < -0.3 is 0 Å². The van der Waals surface area contributed by atoms with E-state index in [1.54, 1.807) is 0 Å². The summed E-state index contributed by atoms with van der Waals surface area (Å²) in [6.45, 7) is 2.62. The van der Waals surface area contributed by atoms with Gasteiger partial charge in [0.25, 0.3) is 5.91 Å². The number of carbonyl (C=O) groups excluding carboxylic acids is 1. The monoisotopic (exact) mass is 252 g/mol. The number of rotatable bonds is 5. The van der Waals surface area contributed by atoms with Crippen LogP contribution in [-0.2, 0) is 6.54 Å². The summed E-state index contributed by atoms with van der Waals surface area (Å²) in [7, 11) is 1.93. The van der Waals surface area contributed by atoms with E-state index < -0.39 is 0 Å². The SMILES string of the molecule is CC(CC#N)N(C)Cc1ccsc1C(=O)NN. The van der Waals surface area contributed by atoms with Crippen LogP contribution >= 0.6 is 11.3 Å². The van der Waals surface area contributed by atoms with Crippen LogP contribution in [0.15, 0.2) is 11.4 Å². The molecule has 3 N–H and O–H groups in total. The summed E-state index contributed by atoms with van der Waals surface area (Å²) in [6.07, 6.45) is 0.471. The van der Waals surface area contributed by atoms with Gasteiger partial charge in [-0.1, -0.05) is 0 Å². The molecule has 0 spiro atoms. The van der Waals surface area contributed by atoms with Gasteiger partial charge in [0.05, 0.1) is 17.4 Å². The highest BCUT2D eigenvalue weighted by atomic mass is 32.1. The van der Waals surface area contributed by atoms with Gasteiger partial charge in [0.15, 0.2) is 0 Å². The molecule has 92 valence electrons. The summed E-state index contributed by atoms with van der Waals surface area (Å²) in [5.41, 5.74) is 3.07. The summed E-state index contributed by atoms with van der Waals surface area (Å²) < 4.78 is 0. The Bertz CT molecular complexity index is 423. The maximum Gasteiger partial charge on any atom is 0.275 e. The van der Waals surface area contributed by atoms with Crippen molar-refractivity contribution in [2.24, 2.45) is 5.84 Å². The van der Waals surface area contributed by atoms with Crippen molar-refractivity contribution in [1.29, 1.82) is 5.26 Å². The second kappa shape index (κ2) is 6.35. The van der Waals surface area contributed by atoms with E-state index in [1.165, 1.54) is 11.3 Å². The van der Waals surface area contributed by atoms with Crippen LogP contribution in [0.2, 0.25) is 0 Å². The van der Waals surface area contributed by atoms with Gasteiger partial charge in [0.2, 0.25) is 0 Å². The second-order valence-electron chi connectivity index (χ2n) is 3.87. The summed E-state index contributed by atoms with van der Waals surface area (Å²) in [4.78, 5) is 14.1. The van der Waals surface area contributed by atoms with Crippen LogP contribution in [0.1, 0.15) is 28.6 Å². The molecule has 17 heavy (non-hydrogen) atoms. The average molecular weight is 252 g/mol. The lowest BCUT2D eigenvalue weighted by Gasteiger charge is -2.22. The maximum absolute atomic E-state index is 11.5. The van der Waals surface area contributed by atoms with Gasteiger partial charge >= 0.3 is 0 Å². The standard InChI is InChI=1S/C11H16N4OS/c1-8(3-5-12)15(2)7-9-4-6-17-10(9)11(16)14-13/h4,6,8H,3,7,13H2,1-2H3,(H,14,16). The number of carbonyl (C=O) groups is 1. The summed E-state index contributed by atoms with van der Waals surface area (Å²) in [6, 6.07) is 4.21. The van der Waals surface area contributed by atoms with Crippen LogP contribution in [0.5, 0.6) is 0 Å². The number of hydrogen-bond acceptors (Lipinski definition) is 5. The summed E-state index contributed by atoms with van der Waals surface area (Å²) >= 11 is 1.37. The first-order chi connectivity index (χ1) is 8.10. The molecule has 0 aliphatic carbocycles. The fourth-order valence-corrected chi connectivity index (χ4v) is 2.26. The van der Waals surface area contributed by atoms with E-state index in [-0.39, 0.29) is 11.9 Å². The molecule has 1 aromatic rings. The Labute approximate surface area is 105 Å². The fraction of sp³-hybridized carbons (Fsp3) is 0.455. The Balaban J connectivity index is 2.72. The molecule has 1 rings (SSSR count). The first-order valence-corrected chi connectivity index (χ1v) is 6.12. The molecule has 0 saturated carbocycles. The second-order valence-corrected chi connectivity index (χ2v) is 4.79. The number of nitriles is 1. The van der Waals surface area contributed by atoms with Gasteiger partial charge in [-0.3, -0.25) is 15.1 Å². The summed E-state index contributed by atoms with van der Waals surface area (Å²) in [5.74, 6) is 4.85. The third kappa shape index (κ3) is 3.53. The molecule has 1 amide bonds. The highest BCUT2D eigenvalue weighted by Crippen LogP contribution is 2.19. The molecule has 0 aliphatic heterocycles. The minimum Gasteiger partial charge on any atom is -0.298 e. The minimum atomic E-state index is -0.267. The number of hydrazine groups is 1. The lowest BCUT2D eigenvalue weighted by atomic mass is 10.2. The van der Waals surface area contributed by atoms with Crippen molar-refractivity contribution < 1.29 is 4.79 Å². The zero-order valence-electron chi connectivity index (χ0n) is 9.93. The highest BCUT2D eigenvalue weighted by molar-refractivity contribution is 7.12. The molecular weight excluding hydrogens is 236 g/mol. The Morgan fingerprint density at radius 1 is 1.76 bits per heavy atom. The van der Waals surface area contributed by atoms with E-state index >= 15 is 0 Å². The van der Waals surface area contributed by atoms with Crippen LogP contribution < -0.4 is 11.3 Å². The van der Waals surface area contributed by atoms with Gasteiger partial charge in [-0.05, 0) is 31.0 Å². The van der Waals surface area contributed by atoms with E-state index in [9.17, 15) is 4.79 Å². The third-order valence-electron chi connectivity index (χ3n) is 2.64. The number of amides is 1. The number of nitrogen functional groups attached to an aromatic ring is 1. The lowest BCUT2D eigenvalue weighted by Crippen LogP contribution is -2.32. The van der Waals surface area contributed by atoms with Crippen LogP contribution in [0.4, 0.5) is 0 Å². The largest absolute Gasteiger partial charge is 0.298 e. The average Bonchev–Trinajstić information content (AvgIpc) is 2.76. The van der Waals surface area contributed by atoms with E-state index in [4.69, 9.17) is 11.1 Å². The van der Waals surface area contributed by atoms with Crippen molar-refractivity contribution >= 4 is 17.2 Å². The molecule has 1 atom stereocenters. The van der Waals surface area contributed by atoms with Gasteiger partial charge in [0.1, 0.15) is 0 Å². The van der Waals surface area contributed by atoms with Gasteiger partial charge in [-0.2, -0.15) is 5.26 Å². The van der Waals surface area contributed by atoms with E-state index in [1.807, 2.05) is 30.3 Å². The van der Waals surface area contributed by atoms with Crippen molar-refractivity contribution in [1.82, 2.24) is 10.3 Å². The number of nitrogens with one attached hydrogen (secondary N) is 1. The first-order valence-electron chi connectivity index (χ1n) is 5.24. The number of thiophene rings is 1. The van der Waals surface area contributed by atoms with Crippen molar-refractivity contribution in [3.63, 3.8) is 0 Å². The van der Waals surface area contributed by atoms with Crippen LogP contribution in [-0.4, -0.2) is 23.9 Å². The lowest BCUT2D eigenvalue weighted by molar-refractivity contribution is 0.0955. The first kappa shape index (κ1) is 13.6. The fourth-order valence-electron chi connectivity index (χ4n) is 1.44. The van der Waals surface area contributed by atoms with Crippen LogP contribution in [0, 0.1) is 11.3 Å².